The van der Waals surface area contributed by atoms with E-state index in [1.807, 2.05) is 45.9 Å². The molecular formula is C19H21BrN2O2S. The van der Waals surface area contributed by atoms with Gasteiger partial charge in [0.15, 0.2) is 5.11 Å². The van der Waals surface area contributed by atoms with E-state index in [4.69, 9.17) is 17.0 Å². The fraction of sp³-hybridized carbons (Fsp3) is 0.263. The van der Waals surface area contributed by atoms with Crippen LogP contribution in [-0.4, -0.2) is 17.1 Å². The van der Waals surface area contributed by atoms with Gasteiger partial charge in [-0.25, -0.2) is 0 Å². The Morgan fingerprint density at radius 1 is 1.16 bits per heavy atom. The lowest BCUT2D eigenvalue weighted by molar-refractivity contribution is 0.0977. The highest BCUT2D eigenvalue weighted by Crippen LogP contribution is 2.27. The SMILES string of the molecule is Cc1ccc(C)c(NC(=S)NC(=O)c2ccc(OC(C)C)c(Br)c2)c1. The van der Waals surface area contributed by atoms with Gasteiger partial charge in [0.1, 0.15) is 5.75 Å². The van der Waals surface area contributed by atoms with Gasteiger partial charge < -0.3 is 10.1 Å². The Morgan fingerprint density at radius 3 is 2.52 bits per heavy atom. The molecule has 0 spiro atoms. The Morgan fingerprint density at radius 2 is 1.88 bits per heavy atom. The van der Waals surface area contributed by atoms with Crippen molar-refractivity contribution in [2.75, 3.05) is 5.32 Å². The summed E-state index contributed by atoms with van der Waals surface area (Å²) in [6.07, 6.45) is 0.0605. The molecule has 2 aromatic rings. The molecule has 0 bridgehead atoms. The van der Waals surface area contributed by atoms with Crippen molar-refractivity contribution >= 4 is 44.9 Å². The van der Waals surface area contributed by atoms with Gasteiger partial charge >= 0.3 is 0 Å². The van der Waals surface area contributed by atoms with Crippen molar-refractivity contribution in [2.24, 2.45) is 0 Å². The van der Waals surface area contributed by atoms with E-state index in [9.17, 15) is 4.79 Å². The summed E-state index contributed by atoms with van der Waals surface area (Å²) >= 11 is 8.68. The number of thiocarbonyl (C=S) groups is 1. The summed E-state index contributed by atoms with van der Waals surface area (Å²) in [5.74, 6) is 0.419. The Labute approximate surface area is 162 Å². The quantitative estimate of drug-likeness (QED) is 0.684. The third-order valence-electron chi connectivity index (χ3n) is 3.43. The third kappa shape index (κ3) is 5.54. The number of benzene rings is 2. The van der Waals surface area contributed by atoms with Crippen LogP contribution in [0.15, 0.2) is 40.9 Å². The van der Waals surface area contributed by atoms with Crippen molar-refractivity contribution in [2.45, 2.75) is 33.8 Å². The normalized spacial score (nSPS) is 10.5. The van der Waals surface area contributed by atoms with E-state index in [0.29, 0.717) is 11.3 Å². The second-order valence-electron chi connectivity index (χ2n) is 6.04. The zero-order chi connectivity index (χ0) is 18.6. The molecule has 0 unspecified atom stereocenters. The van der Waals surface area contributed by atoms with Crippen molar-refractivity contribution in [1.29, 1.82) is 0 Å². The summed E-state index contributed by atoms with van der Waals surface area (Å²) in [4.78, 5) is 12.4. The fourth-order valence-corrected chi connectivity index (χ4v) is 2.87. The monoisotopic (exact) mass is 420 g/mol. The molecule has 4 nitrogen and oxygen atoms in total. The minimum absolute atomic E-state index is 0.0605. The van der Waals surface area contributed by atoms with Crippen molar-refractivity contribution in [3.63, 3.8) is 0 Å². The van der Waals surface area contributed by atoms with Crippen LogP contribution in [0.2, 0.25) is 0 Å². The summed E-state index contributed by atoms with van der Waals surface area (Å²) < 4.78 is 6.37. The molecule has 0 aliphatic heterocycles. The number of hydrogen-bond acceptors (Lipinski definition) is 3. The van der Waals surface area contributed by atoms with Crippen LogP contribution in [0.25, 0.3) is 0 Å². The number of nitrogens with one attached hydrogen (secondary N) is 2. The number of hydrogen-bond donors (Lipinski definition) is 2. The van der Waals surface area contributed by atoms with Gasteiger partial charge in [-0.05, 0) is 91.2 Å². The lowest BCUT2D eigenvalue weighted by Crippen LogP contribution is -2.34. The highest BCUT2D eigenvalue weighted by molar-refractivity contribution is 9.10. The van der Waals surface area contributed by atoms with Gasteiger partial charge in [-0.1, -0.05) is 12.1 Å². The predicted molar refractivity (Wildman–Crippen MR) is 110 cm³/mol. The van der Waals surface area contributed by atoms with Gasteiger partial charge in [0.25, 0.3) is 5.91 Å². The molecule has 0 saturated carbocycles. The summed E-state index contributed by atoms with van der Waals surface area (Å²) in [7, 11) is 0. The van der Waals surface area contributed by atoms with Crippen LogP contribution >= 0.6 is 28.1 Å². The Bertz CT molecular complexity index is 806. The van der Waals surface area contributed by atoms with Gasteiger partial charge in [-0.2, -0.15) is 0 Å². The van der Waals surface area contributed by atoms with E-state index in [1.165, 1.54) is 0 Å². The second kappa shape index (κ2) is 8.45. The Hall–Kier alpha value is -1.92. The van der Waals surface area contributed by atoms with Gasteiger partial charge in [0, 0.05) is 11.3 Å². The summed E-state index contributed by atoms with van der Waals surface area (Å²) in [6, 6.07) is 11.2. The number of carbonyl (C=O) groups excluding carboxylic acids is 1. The molecule has 6 heteroatoms. The van der Waals surface area contributed by atoms with Crippen molar-refractivity contribution in [3.05, 3.63) is 57.6 Å². The number of rotatable bonds is 4. The maximum absolute atomic E-state index is 12.4. The van der Waals surface area contributed by atoms with E-state index in [2.05, 4.69) is 26.6 Å². The first-order valence-corrected chi connectivity index (χ1v) is 9.12. The Balaban J connectivity index is 2.05. The van der Waals surface area contributed by atoms with E-state index in [-0.39, 0.29) is 17.1 Å². The Kier molecular flexibility index (Phi) is 6.56. The predicted octanol–water partition coefficient (Wildman–Crippen LogP) is 4.98. The highest BCUT2D eigenvalue weighted by Gasteiger charge is 2.12. The molecule has 0 fully saturated rings. The fourth-order valence-electron chi connectivity index (χ4n) is 2.19. The van der Waals surface area contributed by atoms with Gasteiger partial charge in [-0.15, -0.1) is 0 Å². The highest BCUT2D eigenvalue weighted by atomic mass is 79.9. The molecule has 0 aliphatic rings. The first-order chi connectivity index (χ1) is 11.8. The van der Waals surface area contributed by atoms with Crippen LogP contribution in [0.1, 0.15) is 35.3 Å². The molecular weight excluding hydrogens is 400 g/mol. The average Bonchev–Trinajstić information content (AvgIpc) is 2.52. The van der Waals surface area contributed by atoms with Gasteiger partial charge in [0.2, 0.25) is 0 Å². The molecule has 0 aromatic heterocycles. The maximum atomic E-state index is 12.4. The zero-order valence-electron chi connectivity index (χ0n) is 14.6. The smallest absolute Gasteiger partial charge is 0.257 e. The molecule has 2 aromatic carbocycles. The van der Waals surface area contributed by atoms with Crippen LogP contribution in [0.5, 0.6) is 5.75 Å². The molecule has 2 N–H and O–H groups in total. The summed E-state index contributed by atoms with van der Waals surface area (Å²) in [6.45, 7) is 7.89. The molecule has 1 amide bonds. The minimum Gasteiger partial charge on any atom is -0.490 e. The third-order valence-corrected chi connectivity index (χ3v) is 4.25. The van der Waals surface area contributed by atoms with Gasteiger partial charge in [0.05, 0.1) is 10.6 Å². The number of amides is 1. The van der Waals surface area contributed by atoms with Crippen LogP contribution in [0.3, 0.4) is 0 Å². The standard InChI is InChI=1S/C19H21BrN2O2S/c1-11(2)24-17-8-7-14(10-15(17)20)18(23)22-19(25)21-16-9-12(3)5-6-13(16)4/h5-11H,1-4H3,(H2,21,22,23,25). The van der Waals surface area contributed by atoms with Crippen molar-refractivity contribution in [1.82, 2.24) is 5.32 Å². The molecule has 0 saturated heterocycles. The zero-order valence-corrected chi connectivity index (χ0v) is 17.0. The minimum atomic E-state index is -0.278. The van der Waals surface area contributed by atoms with Crippen molar-refractivity contribution < 1.29 is 9.53 Å². The summed E-state index contributed by atoms with van der Waals surface area (Å²) in [5.41, 5.74) is 3.55. The lowest BCUT2D eigenvalue weighted by atomic mass is 10.1. The van der Waals surface area contributed by atoms with Crippen LogP contribution in [0.4, 0.5) is 5.69 Å². The van der Waals surface area contributed by atoms with E-state index in [1.54, 1.807) is 18.2 Å². The van der Waals surface area contributed by atoms with E-state index >= 15 is 0 Å². The largest absolute Gasteiger partial charge is 0.490 e. The first-order valence-electron chi connectivity index (χ1n) is 7.92. The van der Waals surface area contributed by atoms with E-state index < -0.39 is 0 Å². The first kappa shape index (κ1) is 19.4. The number of carbonyl (C=O) groups is 1. The molecule has 132 valence electrons. The molecule has 0 atom stereocenters. The number of anilines is 1. The van der Waals surface area contributed by atoms with Crippen molar-refractivity contribution in [3.8, 4) is 5.75 Å². The topological polar surface area (TPSA) is 50.4 Å². The number of halogens is 1. The maximum Gasteiger partial charge on any atom is 0.257 e. The number of aryl methyl sites for hydroxylation is 2. The second-order valence-corrected chi connectivity index (χ2v) is 7.30. The molecule has 25 heavy (non-hydrogen) atoms. The van der Waals surface area contributed by atoms with Crippen LogP contribution in [0, 0.1) is 13.8 Å². The number of ether oxygens (including phenoxy) is 1. The molecule has 0 aliphatic carbocycles. The average molecular weight is 421 g/mol. The molecule has 0 radical (unpaired) electrons. The van der Waals surface area contributed by atoms with Gasteiger partial charge in [-0.3, -0.25) is 10.1 Å². The summed E-state index contributed by atoms with van der Waals surface area (Å²) in [5, 5.41) is 6.03. The van der Waals surface area contributed by atoms with Crippen LogP contribution < -0.4 is 15.4 Å². The lowest BCUT2D eigenvalue weighted by Gasteiger charge is -2.14. The molecule has 0 heterocycles. The van der Waals surface area contributed by atoms with Crippen LogP contribution in [-0.2, 0) is 0 Å². The van der Waals surface area contributed by atoms with E-state index in [0.717, 1.165) is 21.3 Å². The molecule has 2 rings (SSSR count).